The van der Waals surface area contributed by atoms with Crippen LogP contribution in [0.4, 0.5) is 10.6 Å². The molecule has 8 heteroatoms. The van der Waals surface area contributed by atoms with Crippen molar-refractivity contribution >= 4 is 34.5 Å². The second-order valence-electron chi connectivity index (χ2n) is 10.5. The van der Waals surface area contributed by atoms with Crippen LogP contribution in [0.15, 0.2) is 60.9 Å². The largest absolute Gasteiger partial charge is 0.444 e. The molecule has 0 spiro atoms. The predicted octanol–water partition coefficient (Wildman–Crippen LogP) is 7.00. The van der Waals surface area contributed by atoms with Gasteiger partial charge in [0.2, 0.25) is 0 Å². The maximum atomic E-state index is 12.7. The number of hydrogen-bond donors (Lipinski definition) is 2. The van der Waals surface area contributed by atoms with Crippen molar-refractivity contribution in [3.8, 4) is 11.1 Å². The number of aromatic nitrogens is 3. The van der Waals surface area contributed by atoms with E-state index in [4.69, 9.17) is 16.3 Å². The van der Waals surface area contributed by atoms with E-state index in [1.54, 1.807) is 12.4 Å². The molecule has 1 saturated heterocycles. The fourth-order valence-corrected chi connectivity index (χ4v) is 4.96. The Morgan fingerprint density at radius 3 is 2.76 bits per heavy atom. The summed E-state index contributed by atoms with van der Waals surface area (Å²) in [5.74, 6) is 0.934. The van der Waals surface area contributed by atoms with E-state index >= 15 is 0 Å². The first kappa shape index (κ1) is 25.1. The Hall–Kier alpha value is -3.58. The van der Waals surface area contributed by atoms with E-state index in [0.717, 1.165) is 46.5 Å². The Labute approximate surface area is 222 Å². The topological polar surface area (TPSA) is 83.1 Å². The van der Waals surface area contributed by atoms with Crippen LogP contribution in [0, 0.1) is 0 Å². The molecule has 7 nitrogen and oxygen atoms in total. The van der Waals surface area contributed by atoms with E-state index in [9.17, 15) is 4.79 Å². The first-order valence-corrected chi connectivity index (χ1v) is 13.0. The van der Waals surface area contributed by atoms with Crippen molar-refractivity contribution in [2.45, 2.75) is 51.7 Å². The summed E-state index contributed by atoms with van der Waals surface area (Å²) in [5, 5.41) is 4.96. The number of H-pyrrole nitrogens is 1. The molecule has 4 heterocycles. The van der Waals surface area contributed by atoms with Gasteiger partial charge in [-0.3, -0.25) is 0 Å². The van der Waals surface area contributed by atoms with Crippen molar-refractivity contribution in [2.75, 3.05) is 18.4 Å². The van der Waals surface area contributed by atoms with Crippen LogP contribution in [0.25, 0.3) is 22.2 Å². The number of anilines is 1. The number of likely N-dealkylation sites (tertiary alicyclic amines) is 1. The van der Waals surface area contributed by atoms with Crippen LogP contribution >= 0.6 is 11.6 Å². The van der Waals surface area contributed by atoms with E-state index in [0.29, 0.717) is 24.7 Å². The number of pyridine rings is 2. The maximum Gasteiger partial charge on any atom is 0.410 e. The Balaban J connectivity index is 1.40. The molecule has 1 amide bonds. The highest BCUT2D eigenvalue weighted by Gasteiger charge is 2.29. The molecule has 5 rings (SSSR count). The molecule has 1 aliphatic heterocycles. The van der Waals surface area contributed by atoms with Gasteiger partial charge in [-0.15, -0.1) is 0 Å². The average Bonchev–Trinajstić information content (AvgIpc) is 3.33. The van der Waals surface area contributed by atoms with Crippen molar-refractivity contribution in [1.29, 1.82) is 0 Å². The lowest BCUT2D eigenvalue weighted by Gasteiger charge is -2.33. The van der Waals surface area contributed by atoms with Crippen LogP contribution in [0.1, 0.15) is 50.8 Å². The SMILES string of the molecule is CC(C)(C)OC(=O)N1CCCC(c2cc3c(-c4cc(NCc5ccccc5)ncc4Cl)ccnc3[nH]2)C1. The zero-order valence-corrected chi connectivity index (χ0v) is 22.2. The van der Waals surface area contributed by atoms with Crippen molar-refractivity contribution in [3.05, 3.63) is 77.2 Å². The van der Waals surface area contributed by atoms with Crippen LogP contribution in [0.3, 0.4) is 0 Å². The number of benzene rings is 1. The molecule has 0 bridgehead atoms. The van der Waals surface area contributed by atoms with Crippen LogP contribution < -0.4 is 5.32 Å². The summed E-state index contributed by atoms with van der Waals surface area (Å²) in [5.41, 5.74) is 4.41. The number of halogens is 1. The molecule has 1 unspecified atom stereocenters. The molecule has 4 aromatic rings. The van der Waals surface area contributed by atoms with Gasteiger partial charge in [0.15, 0.2) is 0 Å². The van der Waals surface area contributed by atoms with Gasteiger partial charge in [0, 0.05) is 54.6 Å². The molecule has 192 valence electrons. The van der Waals surface area contributed by atoms with Crippen molar-refractivity contribution in [2.24, 2.45) is 0 Å². The van der Waals surface area contributed by atoms with Gasteiger partial charge in [-0.25, -0.2) is 14.8 Å². The molecule has 1 fully saturated rings. The molecule has 37 heavy (non-hydrogen) atoms. The molecule has 0 saturated carbocycles. The minimum absolute atomic E-state index is 0.180. The Morgan fingerprint density at radius 1 is 1.16 bits per heavy atom. The van der Waals surface area contributed by atoms with Gasteiger partial charge >= 0.3 is 6.09 Å². The first-order chi connectivity index (χ1) is 17.8. The Morgan fingerprint density at radius 2 is 1.97 bits per heavy atom. The summed E-state index contributed by atoms with van der Waals surface area (Å²) in [4.78, 5) is 27.0. The van der Waals surface area contributed by atoms with E-state index in [-0.39, 0.29) is 12.0 Å². The van der Waals surface area contributed by atoms with Crippen molar-refractivity contribution < 1.29 is 9.53 Å². The zero-order chi connectivity index (χ0) is 26.0. The third kappa shape index (κ3) is 5.88. The number of ether oxygens (including phenoxy) is 1. The molecular weight excluding hydrogens is 486 g/mol. The predicted molar refractivity (Wildman–Crippen MR) is 148 cm³/mol. The van der Waals surface area contributed by atoms with Gasteiger partial charge in [0.1, 0.15) is 17.1 Å². The van der Waals surface area contributed by atoms with Gasteiger partial charge in [-0.05, 0) is 62.9 Å². The molecule has 0 aliphatic carbocycles. The fraction of sp³-hybridized carbons (Fsp3) is 0.345. The monoisotopic (exact) mass is 517 g/mol. The van der Waals surface area contributed by atoms with E-state index in [1.807, 2.05) is 56.0 Å². The average molecular weight is 518 g/mol. The lowest BCUT2D eigenvalue weighted by Crippen LogP contribution is -2.42. The molecular formula is C29H32ClN5O2. The standard InChI is InChI=1S/C29H32ClN5O2/c1-29(2,3)37-28(36)35-13-7-10-20(18-35)25-14-23-21(11-12-31-27(23)34-25)22-15-26(33-17-24(22)30)32-16-19-8-5-4-6-9-19/h4-6,8-9,11-12,14-15,17,20H,7,10,13,16,18H2,1-3H3,(H,31,34)(H,32,33). The number of piperidine rings is 1. The lowest BCUT2D eigenvalue weighted by molar-refractivity contribution is 0.0197. The summed E-state index contributed by atoms with van der Waals surface area (Å²) in [7, 11) is 0. The molecule has 1 aromatic carbocycles. The number of fused-ring (bicyclic) bond motifs is 1. The number of amides is 1. The summed E-state index contributed by atoms with van der Waals surface area (Å²) in [6.45, 7) is 7.67. The summed E-state index contributed by atoms with van der Waals surface area (Å²) in [6.07, 6.45) is 5.13. The normalized spacial score (nSPS) is 16.1. The smallest absolute Gasteiger partial charge is 0.410 e. The van der Waals surface area contributed by atoms with Crippen molar-refractivity contribution in [1.82, 2.24) is 19.9 Å². The molecule has 0 radical (unpaired) electrons. The number of carbonyl (C=O) groups excluding carboxylic acids is 1. The van der Waals surface area contributed by atoms with Crippen LogP contribution in [0.5, 0.6) is 0 Å². The minimum atomic E-state index is -0.511. The molecule has 1 aliphatic rings. The number of nitrogens with zero attached hydrogens (tertiary/aromatic N) is 3. The number of carbonyl (C=O) groups is 1. The second kappa shape index (κ2) is 10.4. The van der Waals surface area contributed by atoms with Crippen LogP contribution in [-0.4, -0.2) is 44.6 Å². The first-order valence-electron chi connectivity index (χ1n) is 12.7. The summed E-state index contributed by atoms with van der Waals surface area (Å²) in [6, 6.07) is 16.3. The van der Waals surface area contributed by atoms with Gasteiger partial charge in [-0.2, -0.15) is 0 Å². The van der Waals surface area contributed by atoms with Gasteiger partial charge in [0.05, 0.1) is 5.02 Å². The highest BCUT2D eigenvalue weighted by molar-refractivity contribution is 6.33. The fourth-order valence-electron chi connectivity index (χ4n) is 4.76. The highest BCUT2D eigenvalue weighted by atomic mass is 35.5. The van der Waals surface area contributed by atoms with Gasteiger partial charge in [-0.1, -0.05) is 41.9 Å². The van der Waals surface area contributed by atoms with E-state index in [2.05, 4.69) is 38.5 Å². The molecule has 2 N–H and O–H groups in total. The molecule has 1 atom stereocenters. The molecule has 3 aromatic heterocycles. The van der Waals surface area contributed by atoms with Gasteiger partial charge in [0.25, 0.3) is 0 Å². The summed E-state index contributed by atoms with van der Waals surface area (Å²) < 4.78 is 5.61. The van der Waals surface area contributed by atoms with Gasteiger partial charge < -0.3 is 19.9 Å². The van der Waals surface area contributed by atoms with Crippen LogP contribution in [0.2, 0.25) is 5.02 Å². The minimum Gasteiger partial charge on any atom is -0.444 e. The van der Waals surface area contributed by atoms with Crippen LogP contribution in [-0.2, 0) is 11.3 Å². The zero-order valence-electron chi connectivity index (χ0n) is 21.4. The van der Waals surface area contributed by atoms with E-state index in [1.165, 1.54) is 5.56 Å². The Kier molecular flexibility index (Phi) is 7.07. The number of hydrogen-bond acceptors (Lipinski definition) is 5. The second-order valence-corrected chi connectivity index (χ2v) is 10.9. The quantitative estimate of drug-likeness (QED) is 0.297. The Bertz CT molecular complexity index is 1400. The third-order valence-electron chi connectivity index (χ3n) is 6.53. The number of aromatic amines is 1. The maximum absolute atomic E-state index is 12.7. The third-order valence-corrected chi connectivity index (χ3v) is 6.83. The number of nitrogens with one attached hydrogen (secondary N) is 2. The summed E-state index contributed by atoms with van der Waals surface area (Å²) >= 11 is 6.63. The lowest BCUT2D eigenvalue weighted by atomic mass is 9.94. The van der Waals surface area contributed by atoms with Crippen molar-refractivity contribution in [3.63, 3.8) is 0 Å². The highest BCUT2D eigenvalue weighted by Crippen LogP contribution is 2.36. The van der Waals surface area contributed by atoms with E-state index < -0.39 is 5.60 Å². The number of rotatable bonds is 5.